The van der Waals surface area contributed by atoms with Crippen LogP contribution in [0, 0.1) is 0 Å². The molecule has 8 heteroatoms. The lowest BCUT2D eigenvalue weighted by molar-refractivity contribution is 0.146. The van der Waals surface area contributed by atoms with E-state index in [4.69, 9.17) is 9.47 Å². The van der Waals surface area contributed by atoms with Crippen molar-refractivity contribution in [2.45, 2.75) is 18.9 Å². The van der Waals surface area contributed by atoms with Gasteiger partial charge in [0.05, 0.1) is 19.3 Å². The SMILES string of the molecule is COCCN(CCOC)S(=O)(=O)N1CCCC1c1ccncc1. The van der Waals surface area contributed by atoms with Crippen LogP contribution in [0.1, 0.15) is 24.4 Å². The average Bonchev–Trinajstić information content (AvgIpc) is 3.06. The molecule has 23 heavy (non-hydrogen) atoms. The smallest absolute Gasteiger partial charge is 0.282 e. The van der Waals surface area contributed by atoms with Gasteiger partial charge in [-0.25, -0.2) is 0 Å². The first-order valence-corrected chi connectivity index (χ1v) is 9.15. The maximum Gasteiger partial charge on any atom is 0.282 e. The van der Waals surface area contributed by atoms with Gasteiger partial charge in [-0.2, -0.15) is 17.0 Å². The fourth-order valence-corrected chi connectivity index (χ4v) is 4.63. The van der Waals surface area contributed by atoms with Gasteiger partial charge in [-0.05, 0) is 30.5 Å². The summed E-state index contributed by atoms with van der Waals surface area (Å²) in [6.07, 6.45) is 5.08. The summed E-state index contributed by atoms with van der Waals surface area (Å²) in [7, 11) is -0.424. The molecule has 0 bridgehead atoms. The minimum Gasteiger partial charge on any atom is -0.383 e. The summed E-state index contributed by atoms with van der Waals surface area (Å²) in [5.41, 5.74) is 0.986. The second kappa shape index (κ2) is 8.70. The molecule has 0 aromatic carbocycles. The van der Waals surface area contributed by atoms with Crippen LogP contribution in [0.25, 0.3) is 0 Å². The predicted molar refractivity (Wildman–Crippen MR) is 87.2 cm³/mol. The standard InChI is InChI=1S/C15H25N3O4S/c1-21-12-10-17(11-13-22-2)23(19,20)18-9-3-4-15(18)14-5-7-16-8-6-14/h5-8,15H,3-4,9-13H2,1-2H3. The molecule has 0 spiro atoms. The van der Waals surface area contributed by atoms with Gasteiger partial charge in [0, 0.05) is 46.2 Å². The van der Waals surface area contributed by atoms with Gasteiger partial charge in [-0.1, -0.05) is 0 Å². The molecule has 0 aliphatic carbocycles. The van der Waals surface area contributed by atoms with E-state index in [1.807, 2.05) is 12.1 Å². The van der Waals surface area contributed by atoms with Crippen LogP contribution >= 0.6 is 0 Å². The van der Waals surface area contributed by atoms with E-state index < -0.39 is 10.2 Å². The highest BCUT2D eigenvalue weighted by Crippen LogP contribution is 2.34. The van der Waals surface area contributed by atoms with Gasteiger partial charge in [0.15, 0.2) is 0 Å². The first kappa shape index (κ1) is 18.3. The first-order valence-electron chi connectivity index (χ1n) is 7.76. The van der Waals surface area contributed by atoms with Crippen molar-refractivity contribution < 1.29 is 17.9 Å². The van der Waals surface area contributed by atoms with E-state index in [1.54, 1.807) is 30.9 Å². The maximum absolute atomic E-state index is 13.1. The van der Waals surface area contributed by atoms with Crippen molar-refractivity contribution in [3.63, 3.8) is 0 Å². The summed E-state index contributed by atoms with van der Waals surface area (Å²) in [5.74, 6) is 0. The summed E-state index contributed by atoms with van der Waals surface area (Å²) >= 11 is 0. The van der Waals surface area contributed by atoms with Crippen LogP contribution in [-0.2, 0) is 19.7 Å². The largest absolute Gasteiger partial charge is 0.383 e. The van der Waals surface area contributed by atoms with Gasteiger partial charge in [0.25, 0.3) is 10.2 Å². The molecule has 130 valence electrons. The normalized spacial score (nSPS) is 19.5. The monoisotopic (exact) mass is 343 g/mol. The molecule has 0 N–H and O–H groups in total. The molecule has 2 rings (SSSR count). The third-order valence-electron chi connectivity index (χ3n) is 4.01. The molecular formula is C15H25N3O4S. The molecule has 1 atom stereocenters. The second-order valence-electron chi connectivity index (χ2n) is 5.44. The van der Waals surface area contributed by atoms with Crippen LogP contribution in [0.15, 0.2) is 24.5 Å². The highest BCUT2D eigenvalue weighted by Gasteiger charge is 2.38. The Morgan fingerprint density at radius 3 is 2.39 bits per heavy atom. The predicted octanol–water partition coefficient (Wildman–Crippen LogP) is 1.06. The van der Waals surface area contributed by atoms with E-state index in [0.717, 1.165) is 18.4 Å². The van der Waals surface area contributed by atoms with Crippen molar-refractivity contribution in [3.8, 4) is 0 Å². The number of rotatable bonds is 9. The van der Waals surface area contributed by atoms with Gasteiger partial charge >= 0.3 is 0 Å². The Hall–Kier alpha value is -1.06. The molecule has 1 aliphatic rings. The fourth-order valence-electron chi connectivity index (χ4n) is 2.81. The highest BCUT2D eigenvalue weighted by molar-refractivity contribution is 7.86. The van der Waals surface area contributed by atoms with Crippen molar-refractivity contribution in [1.29, 1.82) is 0 Å². The Morgan fingerprint density at radius 2 is 1.83 bits per heavy atom. The number of pyridine rings is 1. The Kier molecular flexibility index (Phi) is 6.91. The highest BCUT2D eigenvalue weighted by atomic mass is 32.2. The summed E-state index contributed by atoms with van der Waals surface area (Å²) in [5, 5.41) is 0. The van der Waals surface area contributed by atoms with Gasteiger partial charge in [-0.15, -0.1) is 0 Å². The summed E-state index contributed by atoms with van der Waals surface area (Å²) in [6, 6.07) is 3.64. The Labute approximate surface area is 138 Å². The van der Waals surface area contributed by atoms with E-state index in [9.17, 15) is 8.42 Å². The zero-order valence-corrected chi connectivity index (χ0v) is 14.5. The molecule has 1 aromatic rings. The van der Waals surface area contributed by atoms with Gasteiger partial charge in [0.1, 0.15) is 0 Å². The van der Waals surface area contributed by atoms with E-state index >= 15 is 0 Å². The molecule has 0 amide bonds. The van der Waals surface area contributed by atoms with Crippen LogP contribution in [0.3, 0.4) is 0 Å². The number of methoxy groups -OCH3 is 2. The average molecular weight is 343 g/mol. The third kappa shape index (κ3) is 4.48. The van der Waals surface area contributed by atoms with Crippen molar-refractivity contribution in [2.75, 3.05) is 47.1 Å². The molecule has 1 fully saturated rings. The van der Waals surface area contributed by atoms with Crippen molar-refractivity contribution in [1.82, 2.24) is 13.6 Å². The van der Waals surface area contributed by atoms with E-state index in [1.165, 1.54) is 4.31 Å². The van der Waals surface area contributed by atoms with Gasteiger partial charge in [0.2, 0.25) is 0 Å². The fraction of sp³-hybridized carbons (Fsp3) is 0.667. The summed E-state index contributed by atoms with van der Waals surface area (Å²) in [4.78, 5) is 4.01. The van der Waals surface area contributed by atoms with Gasteiger partial charge in [-0.3, -0.25) is 4.98 Å². The minimum atomic E-state index is -3.56. The van der Waals surface area contributed by atoms with E-state index in [-0.39, 0.29) is 6.04 Å². The topological polar surface area (TPSA) is 72.0 Å². The van der Waals surface area contributed by atoms with E-state index in [0.29, 0.717) is 32.8 Å². The number of hydrogen-bond donors (Lipinski definition) is 0. The van der Waals surface area contributed by atoms with Crippen molar-refractivity contribution >= 4 is 10.2 Å². The molecule has 1 unspecified atom stereocenters. The van der Waals surface area contributed by atoms with E-state index in [2.05, 4.69) is 4.98 Å². The Morgan fingerprint density at radius 1 is 1.22 bits per heavy atom. The zero-order valence-electron chi connectivity index (χ0n) is 13.7. The zero-order chi connectivity index (χ0) is 16.7. The molecule has 1 aliphatic heterocycles. The first-order chi connectivity index (χ1) is 11.1. The van der Waals surface area contributed by atoms with Crippen LogP contribution in [-0.4, -0.2) is 69.1 Å². The molecule has 0 radical (unpaired) electrons. The van der Waals surface area contributed by atoms with Crippen LogP contribution in [0.4, 0.5) is 0 Å². The number of ether oxygens (including phenoxy) is 2. The molecule has 7 nitrogen and oxygen atoms in total. The number of hydrogen-bond acceptors (Lipinski definition) is 5. The van der Waals surface area contributed by atoms with Crippen LogP contribution < -0.4 is 0 Å². The minimum absolute atomic E-state index is 0.129. The van der Waals surface area contributed by atoms with Crippen LogP contribution in [0.2, 0.25) is 0 Å². The lowest BCUT2D eigenvalue weighted by atomic mass is 10.1. The Bertz CT molecular complexity index is 559. The number of nitrogens with zero attached hydrogens (tertiary/aromatic N) is 3. The van der Waals surface area contributed by atoms with Crippen molar-refractivity contribution in [3.05, 3.63) is 30.1 Å². The second-order valence-corrected chi connectivity index (χ2v) is 7.32. The maximum atomic E-state index is 13.1. The number of aromatic nitrogens is 1. The quantitative estimate of drug-likeness (QED) is 0.670. The molecule has 1 aromatic heterocycles. The lowest BCUT2D eigenvalue weighted by Crippen LogP contribution is -2.46. The molecule has 0 saturated carbocycles. The third-order valence-corrected chi connectivity index (χ3v) is 6.05. The van der Waals surface area contributed by atoms with Crippen LogP contribution in [0.5, 0.6) is 0 Å². The molecule has 1 saturated heterocycles. The lowest BCUT2D eigenvalue weighted by Gasteiger charge is -2.31. The molecular weight excluding hydrogens is 318 g/mol. The van der Waals surface area contributed by atoms with Crippen molar-refractivity contribution in [2.24, 2.45) is 0 Å². The Balaban J connectivity index is 2.20. The summed E-state index contributed by atoms with van der Waals surface area (Å²) < 4.78 is 39.2. The molecule has 2 heterocycles. The summed E-state index contributed by atoms with van der Waals surface area (Å²) in [6.45, 7) is 1.89. The van der Waals surface area contributed by atoms with Gasteiger partial charge < -0.3 is 9.47 Å².